The minimum atomic E-state index is 0.408. The standard InChI is InChI=1S/C19H26N4O/c1-23(2)13-6-14-24-18-11-9-16(10-12-18)15-21-19(20)22-17-7-4-3-5-8-17/h3-5,7-12H,6,13-15H2,1-2H3,(H3,20,21,22). The van der Waals surface area contributed by atoms with Crippen molar-refractivity contribution in [3.05, 3.63) is 60.2 Å². The van der Waals surface area contributed by atoms with Crippen molar-refractivity contribution in [1.29, 1.82) is 0 Å². The van der Waals surface area contributed by atoms with Crippen molar-refractivity contribution in [1.82, 2.24) is 4.90 Å². The molecule has 5 heteroatoms. The third-order valence-electron chi connectivity index (χ3n) is 3.42. The molecule has 0 aliphatic carbocycles. The van der Waals surface area contributed by atoms with Gasteiger partial charge in [-0.3, -0.25) is 0 Å². The smallest absolute Gasteiger partial charge is 0.193 e. The average Bonchev–Trinajstić information content (AvgIpc) is 2.59. The first-order chi connectivity index (χ1) is 11.6. The molecule has 0 atom stereocenters. The molecular weight excluding hydrogens is 300 g/mol. The number of nitrogens with two attached hydrogens (primary N) is 1. The van der Waals surface area contributed by atoms with Crippen molar-refractivity contribution in [3.63, 3.8) is 0 Å². The summed E-state index contributed by atoms with van der Waals surface area (Å²) in [6.07, 6.45) is 1.01. The fourth-order valence-electron chi connectivity index (χ4n) is 2.15. The summed E-state index contributed by atoms with van der Waals surface area (Å²) in [6, 6.07) is 17.7. The normalized spacial score (nSPS) is 11.5. The molecule has 0 aromatic heterocycles. The minimum Gasteiger partial charge on any atom is -0.494 e. The maximum Gasteiger partial charge on any atom is 0.193 e. The third kappa shape index (κ3) is 6.71. The Hall–Kier alpha value is -2.53. The van der Waals surface area contributed by atoms with E-state index in [1.807, 2.05) is 54.6 Å². The number of hydrogen-bond donors (Lipinski definition) is 2. The summed E-state index contributed by atoms with van der Waals surface area (Å²) in [5.41, 5.74) is 7.92. The minimum absolute atomic E-state index is 0.408. The molecule has 0 unspecified atom stereocenters. The first kappa shape index (κ1) is 17.8. The maximum atomic E-state index is 5.90. The molecule has 0 aliphatic heterocycles. The second-order valence-electron chi connectivity index (χ2n) is 5.84. The lowest BCUT2D eigenvalue weighted by Gasteiger charge is -2.10. The molecule has 2 aromatic carbocycles. The van der Waals surface area contributed by atoms with Gasteiger partial charge in [-0.25, -0.2) is 4.99 Å². The van der Waals surface area contributed by atoms with Crippen LogP contribution in [0, 0.1) is 0 Å². The summed E-state index contributed by atoms with van der Waals surface area (Å²) < 4.78 is 5.72. The second-order valence-corrected chi connectivity index (χ2v) is 5.84. The highest BCUT2D eigenvalue weighted by Gasteiger charge is 1.98. The highest BCUT2D eigenvalue weighted by atomic mass is 16.5. The third-order valence-corrected chi connectivity index (χ3v) is 3.42. The molecule has 2 rings (SSSR count). The van der Waals surface area contributed by atoms with Gasteiger partial charge < -0.3 is 20.7 Å². The highest BCUT2D eigenvalue weighted by molar-refractivity contribution is 5.92. The summed E-state index contributed by atoms with van der Waals surface area (Å²) in [5.74, 6) is 1.29. The largest absolute Gasteiger partial charge is 0.494 e. The Labute approximate surface area is 144 Å². The molecule has 0 saturated heterocycles. The zero-order valence-corrected chi connectivity index (χ0v) is 14.4. The van der Waals surface area contributed by atoms with Crippen molar-refractivity contribution in [2.75, 3.05) is 32.6 Å². The number of hydrogen-bond acceptors (Lipinski definition) is 3. The Kier molecular flexibility index (Phi) is 7.11. The number of para-hydroxylation sites is 1. The van der Waals surface area contributed by atoms with Crippen LogP contribution < -0.4 is 15.8 Å². The molecule has 128 valence electrons. The van der Waals surface area contributed by atoms with Gasteiger partial charge in [-0.1, -0.05) is 30.3 Å². The van der Waals surface area contributed by atoms with E-state index in [9.17, 15) is 0 Å². The lowest BCUT2D eigenvalue weighted by atomic mass is 10.2. The van der Waals surface area contributed by atoms with Crippen molar-refractivity contribution in [2.24, 2.45) is 10.7 Å². The van der Waals surface area contributed by atoms with Crippen LogP contribution in [0.15, 0.2) is 59.6 Å². The van der Waals surface area contributed by atoms with Crippen LogP contribution in [-0.2, 0) is 6.54 Å². The van der Waals surface area contributed by atoms with Crippen LogP contribution in [0.2, 0.25) is 0 Å². The molecule has 0 fully saturated rings. The summed E-state index contributed by atoms with van der Waals surface area (Å²) >= 11 is 0. The Bertz CT molecular complexity index is 624. The number of rotatable bonds is 8. The van der Waals surface area contributed by atoms with Gasteiger partial charge >= 0.3 is 0 Å². The van der Waals surface area contributed by atoms with E-state index in [-0.39, 0.29) is 0 Å². The van der Waals surface area contributed by atoms with Crippen LogP contribution in [0.25, 0.3) is 0 Å². The predicted molar refractivity (Wildman–Crippen MR) is 100 cm³/mol. The molecular formula is C19H26N4O. The van der Waals surface area contributed by atoms with Crippen LogP contribution >= 0.6 is 0 Å². The first-order valence-corrected chi connectivity index (χ1v) is 8.12. The van der Waals surface area contributed by atoms with Crippen LogP contribution in [0.1, 0.15) is 12.0 Å². The molecule has 0 saturated carbocycles. The van der Waals surface area contributed by atoms with E-state index in [2.05, 4.69) is 29.3 Å². The van der Waals surface area contributed by atoms with E-state index in [0.29, 0.717) is 12.5 Å². The maximum absolute atomic E-state index is 5.90. The van der Waals surface area contributed by atoms with Gasteiger partial charge in [-0.15, -0.1) is 0 Å². The van der Waals surface area contributed by atoms with Crippen molar-refractivity contribution in [2.45, 2.75) is 13.0 Å². The SMILES string of the molecule is CN(C)CCCOc1ccc(CN=C(N)Nc2ccccc2)cc1. The van der Waals surface area contributed by atoms with Gasteiger partial charge in [0.15, 0.2) is 5.96 Å². The van der Waals surface area contributed by atoms with E-state index in [4.69, 9.17) is 10.5 Å². The highest BCUT2D eigenvalue weighted by Crippen LogP contribution is 2.13. The van der Waals surface area contributed by atoms with Gasteiger partial charge in [-0.2, -0.15) is 0 Å². The molecule has 24 heavy (non-hydrogen) atoms. The monoisotopic (exact) mass is 326 g/mol. The number of ether oxygens (including phenoxy) is 1. The molecule has 5 nitrogen and oxygen atoms in total. The Balaban J connectivity index is 1.77. The van der Waals surface area contributed by atoms with Crippen molar-refractivity contribution >= 4 is 11.6 Å². The predicted octanol–water partition coefficient (Wildman–Crippen LogP) is 2.94. The lowest BCUT2D eigenvalue weighted by Crippen LogP contribution is -2.22. The number of nitrogens with one attached hydrogen (secondary N) is 1. The zero-order chi connectivity index (χ0) is 17.2. The van der Waals surface area contributed by atoms with Gasteiger partial charge in [0.1, 0.15) is 5.75 Å². The zero-order valence-electron chi connectivity index (χ0n) is 14.4. The van der Waals surface area contributed by atoms with Crippen molar-refractivity contribution in [3.8, 4) is 5.75 Å². The number of guanidine groups is 1. The summed E-state index contributed by atoms with van der Waals surface area (Å²) in [5, 5.41) is 3.07. The van der Waals surface area contributed by atoms with E-state index < -0.39 is 0 Å². The van der Waals surface area contributed by atoms with Crippen LogP contribution in [0.3, 0.4) is 0 Å². The van der Waals surface area contributed by atoms with Gasteiger partial charge in [-0.05, 0) is 50.3 Å². The van der Waals surface area contributed by atoms with Gasteiger partial charge in [0.25, 0.3) is 0 Å². The van der Waals surface area contributed by atoms with Crippen LogP contribution in [0.4, 0.5) is 5.69 Å². The molecule has 3 N–H and O–H groups in total. The molecule has 0 bridgehead atoms. The quantitative estimate of drug-likeness (QED) is 0.445. The summed E-state index contributed by atoms with van der Waals surface area (Å²) in [4.78, 5) is 6.50. The Morgan fingerprint density at radius 2 is 1.79 bits per heavy atom. The number of benzene rings is 2. The van der Waals surface area contributed by atoms with E-state index in [0.717, 1.165) is 36.6 Å². The first-order valence-electron chi connectivity index (χ1n) is 8.12. The van der Waals surface area contributed by atoms with Crippen molar-refractivity contribution < 1.29 is 4.74 Å². The molecule has 0 amide bonds. The Morgan fingerprint density at radius 3 is 2.46 bits per heavy atom. The fourth-order valence-corrected chi connectivity index (χ4v) is 2.15. The molecule has 0 heterocycles. The van der Waals surface area contributed by atoms with Gasteiger partial charge in [0.2, 0.25) is 0 Å². The summed E-state index contributed by atoms with van der Waals surface area (Å²) in [6.45, 7) is 2.29. The second kappa shape index (κ2) is 9.57. The topological polar surface area (TPSA) is 62.9 Å². The summed E-state index contributed by atoms with van der Waals surface area (Å²) in [7, 11) is 4.13. The molecule has 0 radical (unpaired) electrons. The fraction of sp³-hybridized carbons (Fsp3) is 0.316. The molecule has 0 aliphatic rings. The Morgan fingerprint density at radius 1 is 1.08 bits per heavy atom. The average molecular weight is 326 g/mol. The van der Waals surface area contributed by atoms with Gasteiger partial charge in [0, 0.05) is 12.2 Å². The van der Waals surface area contributed by atoms with Crippen LogP contribution in [0.5, 0.6) is 5.75 Å². The van der Waals surface area contributed by atoms with E-state index in [1.165, 1.54) is 0 Å². The number of anilines is 1. The van der Waals surface area contributed by atoms with Gasteiger partial charge in [0.05, 0.1) is 13.2 Å². The number of aliphatic imine (C=N–C) groups is 1. The number of nitrogens with zero attached hydrogens (tertiary/aromatic N) is 2. The van der Waals surface area contributed by atoms with Crippen LogP contribution in [-0.4, -0.2) is 38.1 Å². The van der Waals surface area contributed by atoms with E-state index >= 15 is 0 Å². The van der Waals surface area contributed by atoms with E-state index in [1.54, 1.807) is 0 Å². The molecule has 2 aromatic rings. The lowest BCUT2D eigenvalue weighted by molar-refractivity contribution is 0.281. The molecule has 0 spiro atoms.